The smallest absolute Gasteiger partial charge is 0.268 e. The molecule has 1 amide bonds. The van der Waals surface area contributed by atoms with Gasteiger partial charge in [-0.05, 0) is 73.3 Å². The monoisotopic (exact) mass is 490 g/mol. The third-order valence-electron chi connectivity index (χ3n) is 4.64. The molecule has 0 radical (unpaired) electrons. The molecule has 0 unspecified atom stereocenters. The molecule has 0 aliphatic heterocycles. The first kappa shape index (κ1) is 24.0. The van der Waals surface area contributed by atoms with E-state index in [-0.39, 0.29) is 10.6 Å². The Morgan fingerprint density at radius 1 is 1.09 bits per heavy atom. The summed E-state index contributed by atoms with van der Waals surface area (Å²) in [5.74, 6) is -0.281. The largest absolute Gasteiger partial charge is 0.495 e. The number of thioether (sulfide) groups is 1. The van der Waals surface area contributed by atoms with Crippen LogP contribution in [0, 0.1) is 6.92 Å². The number of amides is 1. The van der Waals surface area contributed by atoms with Gasteiger partial charge < -0.3 is 10.1 Å². The lowest BCUT2D eigenvalue weighted by atomic mass is 10.2. The fourth-order valence-electron chi connectivity index (χ4n) is 3.06. The van der Waals surface area contributed by atoms with Crippen molar-refractivity contribution in [2.75, 3.05) is 29.5 Å². The van der Waals surface area contributed by atoms with Crippen LogP contribution < -0.4 is 14.4 Å². The molecule has 32 heavy (non-hydrogen) atoms. The molecule has 3 aromatic carbocycles. The van der Waals surface area contributed by atoms with Crippen molar-refractivity contribution in [3.63, 3.8) is 0 Å². The third kappa shape index (κ3) is 5.56. The average Bonchev–Trinajstić information content (AvgIpc) is 2.78. The number of nitrogens with one attached hydrogen (secondary N) is 1. The lowest BCUT2D eigenvalue weighted by Crippen LogP contribution is -2.38. The Kier molecular flexibility index (Phi) is 7.71. The van der Waals surface area contributed by atoms with Crippen molar-refractivity contribution in [2.45, 2.75) is 16.7 Å². The first-order valence-corrected chi connectivity index (χ1v) is 12.7. The highest BCUT2D eigenvalue weighted by Crippen LogP contribution is 2.31. The molecule has 0 saturated heterocycles. The molecule has 0 bridgehead atoms. The van der Waals surface area contributed by atoms with Gasteiger partial charge in [0, 0.05) is 15.6 Å². The van der Waals surface area contributed by atoms with Crippen LogP contribution in [0.25, 0.3) is 0 Å². The molecule has 3 aromatic rings. The zero-order chi connectivity index (χ0) is 23.3. The van der Waals surface area contributed by atoms with Crippen LogP contribution in [0.3, 0.4) is 0 Å². The molecule has 0 saturated carbocycles. The third-order valence-corrected chi connectivity index (χ3v) is 7.41. The topological polar surface area (TPSA) is 75.7 Å². The van der Waals surface area contributed by atoms with Gasteiger partial charge in [0.2, 0.25) is 5.91 Å². The zero-order valence-corrected chi connectivity index (χ0v) is 20.2. The van der Waals surface area contributed by atoms with Crippen molar-refractivity contribution in [1.29, 1.82) is 0 Å². The maximum absolute atomic E-state index is 13.7. The summed E-state index contributed by atoms with van der Waals surface area (Å²) in [6, 6.07) is 18.5. The molecule has 1 N–H and O–H groups in total. The number of carbonyl (C=O) groups is 1. The van der Waals surface area contributed by atoms with Crippen LogP contribution in [0.4, 0.5) is 11.4 Å². The number of hydrogen-bond donors (Lipinski definition) is 1. The maximum atomic E-state index is 13.7. The van der Waals surface area contributed by atoms with E-state index in [1.165, 1.54) is 13.2 Å². The predicted molar refractivity (Wildman–Crippen MR) is 131 cm³/mol. The molecule has 168 valence electrons. The Hall–Kier alpha value is -2.68. The van der Waals surface area contributed by atoms with E-state index in [4.69, 9.17) is 16.3 Å². The van der Waals surface area contributed by atoms with Gasteiger partial charge in [-0.2, -0.15) is 0 Å². The summed E-state index contributed by atoms with van der Waals surface area (Å²) in [6.45, 7) is 1.36. The summed E-state index contributed by atoms with van der Waals surface area (Å²) in [5, 5.41) is 3.23. The number of nitrogens with zero attached hydrogens (tertiary/aromatic N) is 1. The summed E-state index contributed by atoms with van der Waals surface area (Å²) in [7, 11) is -2.73. The van der Waals surface area contributed by atoms with E-state index in [1.54, 1.807) is 61.2 Å². The number of halogens is 1. The van der Waals surface area contributed by atoms with Gasteiger partial charge in [-0.1, -0.05) is 23.7 Å². The van der Waals surface area contributed by atoms with Crippen LogP contribution >= 0.6 is 23.4 Å². The summed E-state index contributed by atoms with van der Waals surface area (Å²) >= 11 is 7.53. The van der Waals surface area contributed by atoms with Crippen molar-refractivity contribution < 1.29 is 17.9 Å². The van der Waals surface area contributed by atoms with E-state index < -0.39 is 22.5 Å². The lowest BCUT2D eigenvalue weighted by Gasteiger charge is -2.25. The number of carbonyl (C=O) groups excluding carboxylic acids is 1. The summed E-state index contributed by atoms with van der Waals surface area (Å²) in [5.41, 5.74) is 1.65. The molecule has 9 heteroatoms. The fraction of sp³-hybridized carbons (Fsp3) is 0.174. The molecular formula is C23H23ClN2O4S2. The van der Waals surface area contributed by atoms with E-state index in [9.17, 15) is 13.2 Å². The second-order valence-corrected chi connectivity index (χ2v) is 10.1. The Balaban J connectivity index is 2.00. The minimum absolute atomic E-state index is 0.0212. The van der Waals surface area contributed by atoms with Crippen LogP contribution in [0.5, 0.6) is 5.75 Å². The summed E-state index contributed by atoms with van der Waals surface area (Å²) in [4.78, 5) is 13.8. The highest BCUT2D eigenvalue weighted by atomic mass is 35.5. The molecule has 3 rings (SSSR count). The van der Waals surface area contributed by atoms with E-state index >= 15 is 0 Å². The number of aryl methyl sites for hydroxylation is 1. The van der Waals surface area contributed by atoms with Crippen molar-refractivity contribution in [1.82, 2.24) is 0 Å². The molecule has 0 spiro atoms. The minimum atomic E-state index is -4.13. The van der Waals surface area contributed by atoms with Crippen molar-refractivity contribution in [3.05, 3.63) is 77.3 Å². The van der Waals surface area contributed by atoms with Gasteiger partial charge in [0.05, 0.1) is 12.8 Å². The quantitative estimate of drug-likeness (QED) is 0.438. The highest BCUT2D eigenvalue weighted by Gasteiger charge is 2.30. The first-order valence-electron chi connectivity index (χ1n) is 9.61. The average molecular weight is 491 g/mol. The van der Waals surface area contributed by atoms with E-state index in [2.05, 4.69) is 5.32 Å². The Morgan fingerprint density at radius 3 is 2.47 bits per heavy atom. The van der Waals surface area contributed by atoms with Gasteiger partial charge in [-0.25, -0.2) is 8.42 Å². The zero-order valence-electron chi connectivity index (χ0n) is 17.8. The summed E-state index contributed by atoms with van der Waals surface area (Å²) < 4.78 is 33.7. The van der Waals surface area contributed by atoms with Crippen LogP contribution in [-0.4, -0.2) is 34.2 Å². The minimum Gasteiger partial charge on any atom is -0.495 e. The highest BCUT2D eigenvalue weighted by molar-refractivity contribution is 7.98. The summed E-state index contributed by atoms with van der Waals surface area (Å²) in [6.07, 6.45) is 1.94. The lowest BCUT2D eigenvalue weighted by molar-refractivity contribution is -0.114. The van der Waals surface area contributed by atoms with E-state index in [1.807, 2.05) is 24.5 Å². The van der Waals surface area contributed by atoms with Crippen molar-refractivity contribution in [3.8, 4) is 5.75 Å². The van der Waals surface area contributed by atoms with Crippen LogP contribution in [0.15, 0.2) is 76.5 Å². The van der Waals surface area contributed by atoms with Gasteiger partial charge in [0.25, 0.3) is 10.0 Å². The maximum Gasteiger partial charge on any atom is 0.268 e. The number of hydrogen-bond acceptors (Lipinski definition) is 5. The van der Waals surface area contributed by atoms with Gasteiger partial charge in [-0.15, -0.1) is 11.8 Å². The molecule has 0 fully saturated rings. The fourth-order valence-corrected chi connectivity index (χ4v) is 5.31. The number of methoxy groups -OCH3 is 1. The number of benzene rings is 3. The number of sulfonamides is 1. The van der Waals surface area contributed by atoms with Gasteiger partial charge >= 0.3 is 0 Å². The Bertz CT molecular complexity index is 1210. The molecule has 6 nitrogen and oxygen atoms in total. The normalized spacial score (nSPS) is 11.1. The molecule has 0 aliphatic carbocycles. The Labute approximate surface area is 197 Å². The second kappa shape index (κ2) is 10.3. The number of anilines is 2. The molecule has 0 heterocycles. The molecule has 0 aliphatic rings. The van der Waals surface area contributed by atoms with Crippen molar-refractivity contribution in [2.24, 2.45) is 0 Å². The van der Waals surface area contributed by atoms with E-state index in [0.29, 0.717) is 16.4 Å². The van der Waals surface area contributed by atoms with E-state index in [0.717, 1.165) is 14.8 Å². The molecule has 0 atom stereocenters. The van der Waals surface area contributed by atoms with Gasteiger partial charge in [0.1, 0.15) is 17.2 Å². The van der Waals surface area contributed by atoms with Gasteiger partial charge in [0.15, 0.2) is 0 Å². The number of ether oxygens (including phenoxy) is 1. The van der Waals surface area contributed by atoms with Crippen LogP contribution in [0.2, 0.25) is 5.02 Å². The first-order chi connectivity index (χ1) is 15.2. The van der Waals surface area contributed by atoms with Crippen LogP contribution in [0.1, 0.15) is 5.56 Å². The number of rotatable bonds is 8. The second-order valence-electron chi connectivity index (χ2n) is 6.92. The SMILES string of the molecule is COc1ccc(C)cc1S(=O)(=O)N(CC(=O)Nc1cccc(SC)c1)c1ccc(Cl)cc1. The molecular weight excluding hydrogens is 468 g/mol. The Morgan fingerprint density at radius 2 is 1.81 bits per heavy atom. The van der Waals surface area contributed by atoms with Crippen molar-refractivity contribution >= 4 is 50.7 Å². The standard InChI is InChI=1S/C23H23ClN2O4S2/c1-16-7-12-21(30-2)22(13-16)32(28,29)26(19-10-8-17(24)9-11-19)15-23(27)25-18-5-4-6-20(14-18)31-3/h4-14H,15H2,1-3H3,(H,25,27). The predicted octanol–water partition coefficient (Wildman–Crippen LogP) is 5.21. The van der Waals surface area contributed by atoms with Crippen LogP contribution in [-0.2, 0) is 14.8 Å². The molecule has 0 aromatic heterocycles. The van der Waals surface area contributed by atoms with Gasteiger partial charge in [-0.3, -0.25) is 9.10 Å².